The van der Waals surface area contributed by atoms with Crippen molar-refractivity contribution in [3.8, 4) is 0 Å². The molecule has 2 aromatic rings. The Morgan fingerprint density at radius 1 is 1.23 bits per heavy atom. The molecule has 2 aliphatic rings. The summed E-state index contributed by atoms with van der Waals surface area (Å²) in [5.41, 5.74) is 7.27. The fourth-order valence-corrected chi connectivity index (χ4v) is 4.39. The second kappa shape index (κ2) is 8.22. The van der Waals surface area contributed by atoms with E-state index < -0.39 is 0 Å². The van der Waals surface area contributed by atoms with Crippen molar-refractivity contribution in [3.63, 3.8) is 0 Å². The van der Waals surface area contributed by atoms with Gasteiger partial charge in [-0.05, 0) is 54.7 Å². The molecule has 0 aliphatic carbocycles. The van der Waals surface area contributed by atoms with E-state index in [1.807, 2.05) is 32.3 Å². The molecule has 0 fully saturated rings. The number of fused-ring (bicyclic) bond motifs is 2. The first-order valence-corrected chi connectivity index (χ1v) is 10.5. The van der Waals surface area contributed by atoms with E-state index in [0.717, 1.165) is 41.2 Å². The number of para-hydroxylation sites is 1. The number of carbonyl (C=O) groups is 1. The summed E-state index contributed by atoms with van der Waals surface area (Å²) >= 11 is 0. The van der Waals surface area contributed by atoms with Gasteiger partial charge in [0.25, 0.3) is 0 Å². The SMILES string of the molecule is CN/C=C(\C=N)c1ccc2c(c1)[C@H](C)CCN2c1cccc2c1N[C@H](C)CC(=O)N2. The minimum absolute atomic E-state index is 0.0405. The smallest absolute Gasteiger partial charge is 0.226 e. The molecular formula is C24H29N5O. The van der Waals surface area contributed by atoms with Crippen molar-refractivity contribution in [2.75, 3.05) is 29.1 Å². The number of hydrogen-bond acceptors (Lipinski definition) is 5. The maximum Gasteiger partial charge on any atom is 0.226 e. The van der Waals surface area contributed by atoms with Gasteiger partial charge in [0.15, 0.2) is 0 Å². The third kappa shape index (κ3) is 3.65. The summed E-state index contributed by atoms with van der Waals surface area (Å²) < 4.78 is 0. The Hall–Kier alpha value is -3.28. The van der Waals surface area contributed by atoms with Gasteiger partial charge in [-0.15, -0.1) is 0 Å². The van der Waals surface area contributed by atoms with Gasteiger partial charge < -0.3 is 26.3 Å². The molecule has 6 heteroatoms. The standard InChI is InChI=1S/C24H29N5O/c1-15-9-10-29(21-8-7-17(12-19(15)21)18(13-25)14-26-3)22-6-4-5-20-24(22)27-16(2)11-23(30)28-20/h4-8,12-16,25-27H,9-11H2,1-3H3,(H,28,30)/b18-14+,25-13?/t15-,16-/m1/s1. The Balaban J connectivity index is 1.80. The lowest BCUT2D eigenvalue weighted by atomic mass is 9.88. The zero-order valence-electron chi connectivity index (χ0n) is 17.8. The van der Waals surface area contributed by atoms with Crippen LogP contribution in [0.4, 0.5) is 22.7 Å². The first-order valence-electron chi connectivity index (χ1n) is 10.5. The predicted molar refractivity (Wildman–Crippen MR) is 125 cm³/mol. The molecule has 6 nitrogen and oxygen atoms in total. The molecule has 0 aromatic heterocycles. The lowest BCUT2D eigenvalue weighted by Crippen LogP contribution is -2.27. The number of rotatable bonds is 4. The minimum Gasteiger partial charge on any atom is -0.393 e. The van der Waals surface area contributed by atoms with Crippen molar-refractivity contribution in [1.82, 2.24) is 5.32 Å². The molecule has 0 spiro atoms. The number of amides is 1. The summed E-state index contributed by atoms with van der Waals surface area (Å²) in [6.45, 7) is 5.21. The molecular weight excluding hydrogens is 374 g/mol. The van der Waals surface area contributed by atoms with Gasteiger partial charge in [-0.1, -0.05) is 19.1 Å². The summed E-state index contributed by atoms with van der Waals surface area (Å²) in [5.74, 6) is 0.477. The van der Waals surface area contributed by atoms with Gasteiger partial charge in [-0.3, -0.25) is 4.79 Å². The number of allylic oxidation sites excluding steroid dienone is 1. The molecule has 0 bridgehead atoms. The zero-order chi connectivity index (χ0) is 21.3. The van der Waals surface area contributed by atoms with Gasteiger partial charge in [-0.25, -0.2) is 0 Å². The number of nitrogens with one attached hydrogen (secondary N) is 4. The van der Waals surface area contributed by atoms with Crippen LogP contribution in [0.1, 0.15) is 43.7 Å². The summed E-state index contributed by atoms with van der Waals surface area (Å²) in [5, 5.41) is 17.4. The quantitative estimate of drug-likeness (QED) is 0.559. The number of benzene rings is 2. The Morgan fingerprint density at radius 3 is 2.83 bits per heavy atom. The van der Waals surface area contributed by atoms with Crippen molar-refractivity contribution in [1.29, 1.82) is 5.41 Å². The van der Waals surface area contributed by atoms with E-state index in [-0.39, 0.29) is 11.9 Å². The van der Waals surface area contributed by atoms with Gasteiger partial charge in [0.1, 0.15) is 0 Å². The molecule has 2 aliphatic heterocycles. The van der Waals surface area contributed by atoms with Crippen LogP contribution >= 0.6 is 0 Å². The Kier molecular flexibility index (Phi) is 5.48. The van der Waals surface area contributed by atoms with Crippen LogP contribution in [0.3, 0.4) is 0 Å². The molecule has 156 valence electrons. The van der Waals surface area contributed by atoms with Crippen LogP contribution < -0.4 is 20.9 Å². The Bertz CT molecular complexity index is 1010. The molecule has 30 heavy (non-hydrogen) atoms. The third-order valence-electron chi connectivity index (χ3n) is 5.91. The van der Waals surface area contributed by atoms with E-state index in [1.54, 1.807) is 0 Å². The van der Waals surface area contributed by atoms with Crippen molar-refractivity contribution in [2.45, 2.75) is 38.6 Å². The van der Waals surface area contributed by atoms with Gasteiger partial charge in [0.2, 0.25) is 5.91 Å². The largest absolute Gasteiger partial charge is 0.393 e. The van der Waals surface area contributed by atoms with Crippen LogP contribution in [0, 0.1) is 5.41 Å². The highest BCUT2D eigenvalue weighted by Crippen LogP contribution is 2.45. The van der Waals surface area contributed by atoms with E-state index in [1.165, 1.54) is 17.5 Å². The number of nitrogens with zero attached hydrogens (tertiary/aromatic N) is 1. The maximum absolute atomic E-state index is 12.2. The van der Waals surface area contributed by atoms with Crippen LogP contribution in [0.5, 0.6) is 0 Å². The summed E-state index contributed by atoms with van der Waals surface area (Å²) in [4.78, 5) is 14.5. The highest BCUT2D eigenvalue weighted by molar-refractivity contribution is 6.08. The van der Waals surface area contributed by atoms with Crippen LogP contribution in [0.2, 0.25) is 0 Å². The zero-order valence-corrected chi connectivity index (χ0v) is 17.8. The second-order valence-corrected chi connectivity index (χ2v) is 8.15. The molecule has 0 unspecified atom stereocenters. The van der Waals surface area contributed by atoms with E-state index in [9.17, 15) is 4.79 Å². The lowest BCUT2D eigenvalue weighted by Gasteiger charge is -2.36. The normalized spacial score (nSPS) is 21.0. The first kappa shape index (κ1) is 20.0. The van der Waals surface area contributed by atoms with Gasteiger partial charge >= 0.3 is 0 Å². The molecule has 0 saturated heterocycles. The van der Waals surface area contributed by atoms with Crippen molar-refractivity contribution in [2.24, 2.45) is 0 Å². The molecule has 2 aromatic carbocycles. The topological polar surface area (TPSA) is 80.2 Å². The van der Waals surface area contributed by atoms with E-state index in [2.05, 4.69) is 52.0 Å². The van der Waals surface area contributed by atoms with Crippen molar-refractivity contribution in [3.05, 3.63) is 53.7 Å². The highest BCUT2D eigenvalue weighted by atomic mass is 16.1. The summed E-state index contributed by atoms with van der Waals surface area (Å²) in [6, 6.07) is 12.6. The molecule has 2 heterocycles. The van der Waals surface area contributed by atoms with E-state index in [4.69, 9.17) is 5.41 Å². The lowest BCUT2D eigenvalue weighted by molar-refractivity contribution is -0.116. The fourth-order valence-electron chi connectivity index (χ4n) is 4.39. The van der Waals surface area contributed by atoms with Crippen LogP contribution in [0.25, 0.3) is 5.57 Å². The molecule has 1 amide bonds. The highest BCUT2D eigenvalue weighted by Gasteiger charge is 2.28. The number of carbonyl (C=O) groups excluding carboxylic acids is 1. The first-order chi connectivity index (χ1) is 14.5. The minimum atomic E-state index is 0.0405. The average molecular weight is 404 g/mol. The van der Waals surface area contributed by atoms with Gasteiger partial charge in [-0.2, -0.15) is 0 Å². The average Bonchev–Trinajstić information content (AvgIpc) is 2.88. The molecule has 4 rings (SSSR count). The summed E-state index contributed by atoms with van der Waals surface area (Å²) in [7, 11) is 1.85. The second-order valence-electron chi connectivity index (χ2n) is 8.15. The Labute approximate surface area is 177 Å². The van der Waals surface area contributed by atoms with Crippen molar-refractivity contribution < 1.29 is 4.79 Å². The van der Waals surface area contributed by atoms with Crippen LogP contribution in [0.15, 0.2) is 42.6 Å². The Morgan fingerprint density at radius 2 is 2.07 bits per heavy atom. The van der Waals surface area contributed by atoms with Crippen LogP contribution in [-0.2, 0) is 4.79 Å². The molecule has 0 radical (unpaired) electrons. The molecule has 0 saturated carbocycles. The monoisotopic (exact) mass is 403 g/mol. The molecule has 2 atom stereocenters. The van der Waals surface area contributed by atoms with Crippen molar-refractivity contribution >= 4 is 40.4 Å². The van der Waals surface area contributed by atoms with Gasteiger partial charge in [0.05, 0.1) is 17.1 Å². The number of anilines is 4. The molecule has 4 N–H and O–H groups in total. The number of hydrogen-bond donors (Lipinski definition) is 4. The third-order valence-corrected chi connectivity index (χ3v) is 5.91. The summed E-state index contributed by atoms with van der Waals surface area (Å²) in [6.07, 6.45) is 4.73. The van der Waals surface area contributed by atoms with Gasteiger partial charge in [0, 0.05) is 49.7 Å². The van der Waals surface area contributed by atoms with Crippen LogP contribution in [-0.4, -0.2) is 31.8 Å². The maximum atomic E-state index is 12.2. The van der Waals surface area contributed by atoms with E-state index >= 15 is 0 Å². The van der Waals surface area contributed by atoms with E-state index in [0.29, 0.717) is 12.3 Å². The predicted octanol–water partition coefficient (Wildman–Crippen LogP) is 4.68. The fraction of sp³-hybridized carbons (Fsp3) is 0.333.